The van der Waals surface area contributed by atoms with Crippen LogP contribution in [-0.4, -0.2) is 61.1 Å². The lowest BCUT2D eigenvalue weighted by molar-refractivity contribution is -0.127. The van der Waals surface area contributed by atoms with Gasteiger partial charge in [-0.1, -0.05) is 32.9 Å². The third-order valence-electron chi connectivity index (χ3n) is 7.39. The second-order valence-electron chi connectivity index (χ2n) is 13.1. The molecule has 1 aliphatic rings. The maximum Gasteiger partial charge on any atom is 0.268 e. The number of thiophene rings is 1. The lowest BCUT2D eigenvalue weighted by Gasteiger charge is -2.26. The zero-order valence-electron chi connectivity index (χ0n) is 26.3. The highest BCUT2D eigenvalue weighted by Gasteiger charge is 2.33. The van der Waals surface area contributed by atoms with Crippen molar-refractivity contribution in [2.75, 3.05) is 18.4 Å². The van der Waals surface area contributed by atoms with Crippen molar-refractivity contribution < 1.29 is 19.1 Å². The number of benzene rings is 1. The summed E-state index contributed by atoms with van der Waals surface area (Å²) in [7, 11) is 0. The van der Waals surface area contributed by atoms with Gasteiger partial charge in [0.25, 0.3) is 11.8 Å². The quantitative estimate of drug-likeness (QED) is 0.157. The Morgan fingerprint density at radius 3 is 2.71 bits per heavy atom. The lowest BCUT2D eigenvalue weighted by atomic mass is 9.93. The molecule has 45 heavy (non-hydrogen) atoms. The van der Waals surface area contributed by atoms with Gasteiger partial charge in [0.15, 0.2) is 12.2 Å². The summed E-state index contributed by atoms with van der Waals surface area (Å²) in [6.07, 6.45) is 6.25. The minimum Gasteiger partial charge on any atom is -0.443 e. The fourth-order valence-electron chi connectivity index (χ4n) is 5.40. The first-order valence-electron chi connectivity index (χ1n) is 15.0. The smallest absolute Gasteiger partial charge is 0.268 e. The minimum absolute atomic E-state index is 0.141. The van der Waals surface area contributed by atoms with Crippen LogP contribution in [0, 0.1) is 16.7 Å². The molecule has 0 saturated carbocycles. The maximum absolute atomic E-state index is 13.5. The molecule has 11 nitrogen and oxygen atoms in total. The van der Waals surface area contributed by atoms with Crippen LogP contribution >= 0.6 is 11.3 Å². The van der Waals surface area contributed by atoms with Crippen LogP contribution in [0.5, 0.6) is 0 Å². The van der Waals surface area contributed by atoms with E-state index in [1.807, 2.05) is 49.6 Å². The van der Waals surface area contributed by atoms with Gasteiger partial charge in [0.2, 0.25) is 5.95 Å². The van der Waals surface area contributed by atoms with Gasteiger partial charge in [0, 0.05) is 26.2 Å². The van der Waals surface area contributed by atoms with Crippen molar-refractivity contribution in [2.45, 2.75) is 72.2 Å². The Morgan fingerprint density at radius 1 is 1.22 bits per heavy atom. The van der Waals surface area contributed by atoms with Gasteiger partial charge in [-0.25, -0.2) is 9.97 Å². The average molecular weight is 630 g/mol. The predicted octanol–water partition coefficient (Wildman–Crippen LogP) is 5.35. The van der Waals surface area contributed by atoms with Crippen molar-refractivity contribution in [3.63, 3.8) is 0 Å². The summed E-state index contributed by atoms with van der Waals surface area (Å²) >= 11 is 1.29. The number of nitriles is 1. The third-order valence-corrected chi connectivity index (χ3v) is 8.49. The number of amides is 2. The fraction of sp³-hybridized carbons (Fsp3) is 0.424. The molecule has 2 amide bonds. The van der Waals surface area contributed by atoms with E-state index in [0.717, 1.165) is 28.8 Å². The number of rotatable bonds is 10. The minimum atomic E-state index is -0.837. The van der Waals surface area contributed by atoms with Crippen LogP contribution in [0.15, 0.2) is 59.0 Å². The average Bonchev–Trinajstić information content (AvgIpc) is 3.78. The van der Waals surface area contributed by atoms with Crippen molar-refractivity contribution >= 4 is 40.1 Å². The topological polar surface area (TPSA) is 149 Å². The summed E-state index contributed by atoms with van der Waals surface area (Å²) < 4.78 is 7.33. The predicted molar refractivity (Wildman–Crippen MR) is 173 cm³/mol. The van der Waals surface area contributed by atoms with Crippen LogP contribution < -0.4 is 10.6 Å². The largest absolute Gasteiger partial charge is 0.443 e. The number of carbonyl (C=O) groups excluding carboxylic acids is 2. The summed E-state index contributed by atoms with van der Waals surface area (Å²) in [6, 6.07) is 11.4. The molecule has 1 atom stereocenters. The van der Waals surface area contributed by atoms with Crippen LogP contribution in [-0.2, 0) is 17.9 Å². The number of nitrogens with zero attached hydrogens (tertiary/aromatic N) is 5. The first-order valence-corrected chi connectivity index (χ1v) is 15.8. The molecule has 0 radical (unpaired) electrons. The van der Waals surface area contributed by atoms with E-state index in [0.29, 0.717) is 48.3 Å². The van der Waals surface area contributed by atoms with Crippen LogP contribution in [0.25, 0.3) is 21.7 Å². The fourth-order valence-corrected chi connectivity index (χ4v) is 6.26. The standard InChI is InChI=1S/C33H39N7O4S/c1-32(2,3)14-22(15-34)30(42)39-12-6-7-23(39)18-40-25-9-8-21(16-35-19-33(4,5)43)13-24(25)37-31(40)38-29(41)28-11-10-27(45-28)26-17-36-20-44-26/h8-11,13-14,17,20,23,35,43H,6-7,12,16,18-19H2,1-5H3,(H,37,38,41)/b22-14+/t23-/m1/s1. The van der Waals surface area contributed by atoms with Gasteiger partial charge in [-0.05, 0) is 61.9 Å². The first-order chi connectivity index (χ1) is 21.3. The highest BCUT2D eigenvalue weighted by atomic mass is 32.1. The number of allylic oxidation sites excluding steroid dienone is 1. The summed E-state index contributed by atoms with van der Waals surface area (Å²) in [5.74, 6) is 0.369. The van der Waals surface area contributed by atoms with E-state index < -0.39 is 5.60 Å². The Labute approximate surface area is 266 Å². The van der Waals surface area contributed by atoms with Gasteiger partial charge in [-0.2, -0.15) is 5.26 Å². The number of aliphatic hydroxyl groups is 1. The second-order valence-corrected chi connectivity index (χ2v) is 14.2. The molecule has 1 fully saturated rings. The molecule has 4 heterocycles. The summed E-state index contributed by atoms with van der Waals surface area (Å²) in [5.41, 5.74) is 1.48. The van der Waals surface area contributed by atoms with Crippen LogP contribution in [0.4, 0.5) is 5.95 Å². The molecule has 3 aromatic heterocycles. The SMILES string of the molecule is CC(C)(C)/C=C(\C#N)C(=O)N1CCC[C@@H]1Cn1c(NC(=O)c2ccc(-c3cnco3)s2)nc2cc(CNCC(C)(C)O)ccc21. The Kier molecular flexibility index (Phi) is 9.25. The summed E-state index contributed by atoms with van der Waals surface area (Å²) in [4.78, 5) is 38.8. The molecular formula is C33H39N7O4S. The molecule has 1 aliphatic heterocycles. The van der Waals surface area contributed by atoms with Crippen LogP contribution in [0.2, 0.25) is 0 Å². The highest BCUT2D eigenvalue weighted by Crippen LogP contribution is 2.30. The number of hydrogen-bond donors (Lipinski definition) is 3. The van der Waals surface area contributed by atoms with Crippen molar-refractivity contribution in [3.05, 3.63) is 65.0 Å². The molecule has 3 N–H and O–H groups in total. The Balaban J connectivity index is 1.45. The van der Waals surface area contributed by atoms with E-state index in [2.05, 4.69) is 21.7 Å². The molecule has 5 rings (SSSR count). The van der Waals surface area contributed by atoms with Gasteiger partial charge in [-0.3, -0.25) is 14.9 Å². The maximum atomic E-state index is 13.5. The molecule has 4 aromatic rings. The van der Waals surface area contributed by atoms with Crippen molar-refractivity contribution in [3.8, 4) is 16.7 Å². The van der Waals surface area contributed by atoms with Gasteiger partial charge in [-0.15, -0.1) is 11.3 Å². The number of fused-ring (bicyclic) bond motifs is 1. The van der Waals surface area contributed by atoms with Crippen molar-refractivity contribution in [1.29, 1.82) is 5.26 Å². The Morgan fingerprint density at radius 2 is 2.02 bits per heavy atom. The van der Waals surface area contributed by atoms with Gasteiger partial charge >= 0.3 is 0 Å². The summed E-state index contributed by atoms with van der Waals surface area (Å²) in [6.45, 7) is 11.3. The van der Waals surface area contributed by atoms with Crippen LogP contribution in [0.1, 0.15) is 62.7 Å². The second kappa shape index (κ2) is 13.0. The molecule has 1 saturated heterocycles. The number of aromatic nitrogens is 3. The number of likely N-dealkylation sites (tertiary alicyclic amines) is 1. The first kappa shape index (κ1) is 32.1. The van der Waals surface area contributed by atoms with E-state index in [4.69, 9.17) is 9.40 Å². The molecule has 12 heteroatoms. The van der Waals surface area contributed by atoms with Crippen molar-refractivity contribution in [2.24, 2.45) is 5.41 Å². The van der Waals surface area contributed by atoms with Gasteiger partial charge in [0.05, 0.1) is 38.6 Å². The summed E-state index contributed by atoms with van der Waals surface area (Å²) in [5, 5.41) is 26.1. The van der Waals surface area contributed by atoms with E-state index in [1.165, 1.54) is 17.7 Å². The van der Waals surface area contributed by atoms with E-state index >= 15 is 0 Å². The van der Waals surface area contributed by atoms with E-state index in [9.17, 15) is 20.0 Å². The number of anilines is 1. The number of imidazole rings is 1. The van der Waals surface area contributed by atoms with Gasteiger partial charge < -0.3 is 24.3 Å². The zero-order valence-corrected chi connectivity index (χ0v) is 27.1. The molecule has 0 bridgehead atoms. The van der Waals surface area contributed by atoms with E-state index in [1.54, 1.807) is 37.1 Å². The van der Waals surface area contributed by atoms with Gasteiger partial charge in [0.1, 0.15) is 11.6 Å². The molecule has 0 spiro atoms. The molecular weight excluding hydrogens is 590 g/mol. The molecule has 236 valence electrons. The molecule has 0 aliphatic carbocycles. The number of oxazole rings is 1. The Hall–Kier alpha value is -4.31. The third kappa shape index (κ3) is 7.86. The number of nitrogens with one attached hydrogen (secondary N) is 2. The van der Waals surface area contributed by atoms with Crippen molar-refractivity contribution in [1.82, 2.24) is 24.8 Å². The van der Waals surface area contributed by atoms with Crippen LogP contribution in [0.3, 0.4) is 0 Å². The highest BCUT2D eigenvalue weighted by molar-refractivity contribution is 7.17. The molecule has 0 unspecified atom stereocenters. The normalized spacial score (nSPS) is 15.9. The lowest BCUT2D eigenvalue weighted by Crippen LogP contribution is -2.39. The molecule has 1 aromatic carbocycles. The zero-order chi connectivity index (χ0) is 32.4. The number of carbonyl (C=O) groups is 2. The number of hydrogen-bond acceptors (Lipinski definition) is 9. The monoisotopic (exact) mass is 629 g/mol. The van der Waals surface area contributed by atoms with E-state index in [-0.39, 0.29) is 28.8 Å². The Bertz CT molecular complexity index is 1750.